The predicted molar refractivity (Wildman–Crippen MR) is 83.6 cm³/mol. The van der Waals surface area contributed by atoms with Crippen molar-refractivity contribution in [1.29, 1.82) is 0 Å². The summed E-state index contributed by atoms with van der Waals surface area (Å²) in [7, 11) is 3.21. The highest BCUT2D eigenvalue weighted by molar-refractivity contribution is 5.94. The lowest BCUT2D eigenvalue weighted by molar-refractivity contribution is -0.119. The van der Waals surface area contributed by atoms with E-state index in [1.807, 2.05) is 12.1 Å². The van der Waals surface area contributed by atoms with Crippen LogP contribution in [0.4, 0.5) is 0 Å². The summed E-state index contributed by atoms with van der Waals surface area (Å²) in [6.45, 7) is 3.84. The van der Waals surface area contributed by atoms with Gasteiger partial charge in [0.1, 0.15) is 0 Å². The Balaban J connectivity index is 2.78. The molecular formula is C16H24N2O4. The third-order valence-corrected chi connectivity index (χ3v) is 3.13. The van der Waals surface area contributed by atoms with E-state index in [9.17, 15) is 9.59 Å². The summed E-state index contributed by atoms with van der Waals surface area (Å²) in [5.41, 5.74) is 1.48. The molecule has 1 rings (SSSR count). The zero-order chi connectivity index (χ0) is 16.4. The van der Waals surface area contributed by atoms with Crippen LogP contribution in [0.2, 0.25) is 0 Å². The SMILES string of the molecule is COCCN(CCOC)C(=O)c1cccc(CNC(C)=O)c1. The van der Waals surface area contributed by atoms with Gasteiger partial charge in [-0.3, -0.25) is 9.59 Å². The zero-order valence-electron chi connectivity index (χ0n) is 13.4. The maximum Gasteiger partial charge on any atom is 0.254 e. The molecule has 0 heterocycles. The van der Waals surface area contributed by atoms with E-state index in [-0.39, 0.29) is 11.8 Å². The number of carbonyl (C=O) groups excluding carboxylic acids is 2. The minimum atomic E-state index is -0.0986. The lowest BCUT2D eigenvalue weighted by Crippen LogP contribution is -2.36. The van der Waals surface area contributed by atoms with Crippen molar-refractivity contribution in [2.24, 2.45) is 0 Å². The third kappa shape index (κ3) is 6.24. The van der Waals surface area contributed by atoms with Crippen LogP contribution in [0, 0.1) is 0 Å². The van der Waals surface area contributed by atoms with Gasteiger partial charge in [-0.15, -0.1) is 0 Å². The number of ether oxygens (including phenoxy) is 2. The van der Waals surface area contributed by atoms with Crippen LogP contribution < -0.4 is 5.32 Å². The van der Waals surface area contributed by atoms with E-state index < -0.39 is 0 Å². The average Bonchev–Trinajstić information content (AvgIpc) is 2.53. The smallest absolute Gasteiger partial charge is 0.254 e. The molecule has 6 nitrogen and oxygen atoms in total. The number of hydrogen-bond acceptors (Lipinski definition) is 4. The zero-order valence-corrected chi connectivity index (χ0v) is 13.4. The van der Waals surface area contributed by atoms with Gasteiger partial charge in [-0.1, -0.05) is 12.1 Å². The molecule has 0 aromatic heterocycles. The van der Waals surface area contributed by atoms with Crippen LogP contribution in [0.1, 0.15) is 22.8 Å². The normalized spacial score (nSPS) is 10.3. The van der Waals surface area contributed by atoms with E-state index in [0.29, 0.717) is 38.4 Å². The van der Waals surface area contributed by atoms with Gasteiger partial charge in [0.2, 0.25) is 5.91 Å². The van der Waals surface area contributed by atoms with Crippen molar-refractivity contribution in [1.82, 2.24) is 10.2 Å². The Morgan fingerprint density at radius 3 is 2.32 bits per heavy atom. The number of nitrogens with zero attached hydrogens (tertiary/aromatic N) is 1. The second-order valence-corrected chi connectivity index (χ2v) is 4.89. The van der Waals surface area contributed by atoms with E-state index in [2.05, 4.69) is 5.32 Å². The van der Waals surface area contributed by atoms with Gasteiger partial charge in [-0.25, -0.2) is 0 Å². The fraction of sp³-hybridized carbons (Fsp3) is 0.500. The first-order chi connectivity index (χ1) is 10.6. The van der Waals surface area contributed by atoms with Gasteiger partial charge >= 0.3 is 0 Å². The maximum atomic E-state index is 12.6. The summed E-state index contributed by atoms with van der Waals surface area (Å²) in [5, 5.41) is 2.72. The molecule has 22 heavy (non-hydrogen) atoms. The summed E-state index contributed by atoms with van der Waals surface area (Å²) in [6.07, 6.45) is 0. The molecule has 1 aromatic carbocycles. The molecule has 1 N–H and O–H groups in total. The van der Waals surface area contributed by atoms with E-state index in [1.54, 1.807) is 31.3 Å². The molecule has 0 spiro atoms. The number of rotatable bonds is 9. The number of hydrogen-bond donors (Lipinski definition) is 1. The Hall–Kier alpha value is -1.92. The summed E-state index contributed by atoms with van der Waals surface area (Å²) < 4.78 is 10.1. The topological polar surface area (TPSA) is 67.9 Å². The van der Waals surface area contributed by atoms with Crippen LogP contribution in [0.15, 0.2) is 24.3 Å². The Morgan fingerprint density at radius 2 is 1.77 bits per heavy atom. The van der Waals surface area contributed by atoms with Gasteiger partial charge in [0.05, 0.1) is 13.2 Å². The molecule has 2 amide bonds. The fourth-order valence-corrected chi connectivity index (χ4v) is 1.94. The second kappa shape index (κ2) is 9.92. The molecule has 0 aliphatic carbocycles. The highest BCUT2D eigenvalue weighted by Gasteiger charge is 2.15. The average molecular weight is 308 g/mol. The highest BCUT2D eigenvalue weighted by atomic mass is 16.5. The minimum absolute atomic E-state index is 0.0706. The van der Waals surface area contributed by atoms with Crippen molar-refractivity contribution in [3.05, 3.63) is 35.4 Å². The molecule has 0 saturated carbocycles. The lowest BCUT2D eigenvalue weighted by Gasteiger charge is -2.22. The standard InChI is InChI=1S/C16H24N2O4/c1-13(19)17-12-14-5-4-6-15(11-14)16(20)18(7-9-21-2)8-10-22-3/h4-6,11H,7-10,12H2,1-3H3,(H,17,19). The monoisotopic (exact) mass is 308 g/mol. The van der Waals surface area contributed by atoms with Gasteiger partial charge in [-0.05, 0) is 17.7 Å². The van der Waals surface area contributed by atoms with Gasteiger partial charge in [0.15, 0.2) is 0 Å². The Bertz CT molecular complexity index is 483. The molecule has 0 saturated heterocycles. The van der Waals surface area contributed by atoms with E-state index in [1.165, 1.54) is 6.92 Å². The van der Waals surface area contributed by atoms with E-state index in [0.717, 1.165) is 5.56 Å². The number of methoxy groups -OCH3 is 2. The molecule has 122 valence electrons. The van der Waals surface area contributed by atoms with Crippen molar-refractivity contribution in [2.75, 3.05) is 40.5 Å². The molecule has 0 bridgehead atoms. The molecule has 0 aliphatic rings. The summed E-state index contributed by atoms with van der Waals surface area (Å²) in [5.74, 6) is -0.169. The number of carbonyl (C=O) groups is 2. The quantitative estimate of drug-likeness (QED) is 0.740. The van der Waals surface area contributed by atoms with Crippen LogP contribution in [-0.4, -0.2) is 57.2 Å². The highest BCUT2D eigenvalue weighted by Crippen LogP contribution is 2.09. The maximum absolute atomic E-state index is 12.6. The number of benzene rings is 1. The van der Waals surface area contributed by atoms with Crippen molar-refractivity contribution in [3.63, 3.8) is 0 Å². The lowest BCUT2D eigenvalue weighted by atomic mass is 10.1. The van der Waals surface area contributed by atoms with E-state index >= 15 is 0 Å². The minimum Gasteiger partial charge on any atom is -0.383 e. The Morgan fingerprint density at radius 1 is 1.14 bits per heavy atom. The molecule has 0 aliphatic heterocycles. The van der Waals surface area contributed by atoms with Crippen LogP contribution in [0.25, 0.3) is 0 Å². The van der Waals surface area contributed by atoms with Gasteiger partial charge in [-0.2, -0.15) is 0 Å². The van der Waals surface area contributed by atoms with Crippen LogP contribution >= 0.6 is 0 Å². The summed E-state index contributed by atoms with van der Waals surface area (Å²) >= 11 is 0. The number of amides is 2. The fourth-order valence-electron chi connectivity index (χ4n) is 1.94. The molecular weight excluding hydrogens is 284 g/mol. The first-order valence-electron chi connectivity index (χ1n) is 7.19. The van der Waals surface area contributed by atoms with Crippen molar-refractivity contribution < 1.29 is 19.1 Å². The molecule has 0 unspecified atom stereocenters. The van der Waals surface area contributed by atoms with Gasteiger partial charge < -0.3 is 19.7 Å². The third-order valence-electron chi connectivity index (χ3n) is 3.13. The summed E-state index contributed by atoms with van der Waals surface area (Å²) in [6, 6.07) is 7.26. The van der Waals surface area contributed by atoms with Crippen LogP contribution in [0.5, 0.6) is 0 Å². The molecule has 1 aromatic rings. The largest absolute Gasteiger partial charge is 0.383 e. The molecule has 0 atom stereocenters. The molecule has 0 radical (unpaired) electrons. The van der Waals surface area contributed by atoms with Crippen molar-refractivity contribution in [2.45, 2.75) is 13.5 Å². The molecule has 0 fully saturated rings. The number of nitrogens with one attached hydrogen (secondary N) is 1. The van der Waals surface area contributed by atoms with Crippen LogP contribution in [0.3, 0.4) is 0 Å². The first-order valence-corrected chi connectivity index (χ1v) is 7.19. The Kier molecular flexibility index (Phi) is 8.17. The van der Waals surface area contributed by atoms with Gasteiger partial charge in [0.25, 0.3) is 5.91 Å². The van der Waals surface area contributed by atoms with Crippen molar-refractivity contribution >= 4 is 11.8 Å². The van der Waals surface area contributed by atoms with E-state index in [4.69, 9.17) is 9.47 Å². The Labute approximate surface area is 131 Å². The van der Waals surface area contributed by atoms with Crippen LogP contribution in [-0.2, 0) is 20.8 Å². The second-order valence-electron chi connectivity index (χ2n) is 4.89. The van der Waals surface area contributed by atoms with Gasteiger partial charge in [0, 0.05) is 46.3 Å². The molecule has 6 heteroatoms. The van der Waals surface area contributed by atoms with Crippen molar-refractivity contribution in [3.8, 4) is 0 Å². The predicted octanol–water partition coefficient (Wildman–Crippen LogP) is 1.06. The first kappa shape index (κ1) is 18.1. The summed E-state index contributed by atoms with van der Waals surface area (Å²) in [4.78, 5) is 25.2.